The van der Waals surface area contributed by atoms with Crippen molar-refractivity contribution in [2.75, 3.05) is 12.3 Å². The highest BCUT2D eigenvalue weighted by Gasteiger charge is 2.04. The number of hydrogen-bond acceptors (Lipinski definition) is 3. The maximum atomic E-state index is 11.7. The molecule has 1 aromatic carbocycles. The molecule has 1 aromatic heterocycles. The van der Waals surface area contributed by atoms with Gasteiger partial charge in [-0.05, 0) is 12.1 Å². The minimum absolute atomic E-state index is 0.0593. The second-order valence-corrected chi connectivity index (χ2v) is 5.75. The van der Waals surface area contributed by atoms with Gasteiger partial charge in [0.1, 0.15) is 0 Å². The van der Waals surface area contributed by atoms with Crippen molar-refractivity contribution in [3.63, 3.8) is 0 Å². The van der Waals surface area contributed by atoms with Crippen LogP contribution in [0.25, 0.3) is 0 Å². The van der Waals surface area contributed by atoms with E-state index in [9.17, 15) is 4.79 Å². The molecular weight excluding hydrogens is 294 g/mol. The van der Waals surface area contributed by atoms with Crippen molar-refractivity contribution in [1.82, 2.24) is 15.3 Å². The minimum Gasteiger partial charge on any atom is -0.356 e. The van der Waals surface area contributed by atoms with Gasteiger partial charge in [-0.3, -0.25) is 4.79 Å². The van der Waals surface area contributed by atoms with Crippen LogP contribution in [-0.2, 0) is 11.2 Å². The van der Waals surface area contributed by atoms with Crippen molar-refractivity contribution in [2.45, 2.75) is 17.7 Å². The van der Waals surface area contributed by atoms with Gasteiger partial charge in [0.05, 0.1) is 11.3 Å². The molecule has 2 aromatic rings. The summed E-state index contributed by atoms with van der Waals surface area (Å²) in [5.41, 5.74) is 1.02. The van der Waals surface area contributed by atoms with Gasteiger partial charge >= 0.3 is 0 Å². The minimum atomic E-state index is 0.0593. The van der Waals surface area contributed by atoms with Gasteiger partial charge in [0.25, 0.3) is 0 Å². The Kier molecular flexibility index (Phi) is 5.95. The Morgan fingerprint density at radius 1 is 1.40 bits per heavy atom. The van der Waals surface area contributed by atoms with Crippen molar-refractivity contribution in [2.24, 2.45) is 0 Å². The lowest BCUT2D eigenvalue weighted by Gasteiger charge is -2.05. The van der Waals surface area contributed by atoms with Crippen molar-refractivity contribution in [1.29, 1.82) is 0 Å². The Hall–Kier alpha value is -1.46. The number of rotatable bonds is 7. The molecule has 4 nitrogen and oxygen atoms in total. The summed E-state index contributed by atoms with van der Waals surface area (Å²) in [6.45, 7) is 0.623. The molecule has 1 heterocycles. The Labute approximate surface area is 127 Å². The van der Waals surface area contributed by atoms with Crippen LogP contribution in [0.3, 0.4) is 0 Å². The molecule has 20 heavy (non-hydrogen) atoms. The van der Waals surface area contributed by atoms with Gasteiger partial charge in [-0.1, -0.05) is 23.7 Å². The number of H-pyrrole nitrogens is 1. The van der Waals surface area contributed by atoms with Crippen LogP contribution in [-0.4, -0.2) is 28.2 Å². The quantitative estimate of drug-likeness (QED) is 0.773. The second-order valence-electron chi connectivity index (χ2n) is 4.21. The van der Waals surface area contributed by atoms with E-state index in [2.05, 4.69) is 15.3 Å². The monoisotopic (exact) mass is 309 g/mol. The Balaban J connectivity index is 1.62. The van der Waals surface area contributed by atoms with Crippen LogP contribution in [0.4, 0.5) is 0 Å². The molecule has 2 N–H and O–H groups in total. The summed E-state index contributed by atoms with van der Waals surface area (Å²) in [6, 6.07) is 7.66. The van der Waals surface area contributed by atoms with Crippen LogP contribution >= 0.6 is 23.4 Å². The lowest BCUT2D eigenvalue weighted by Crippen LogP contribution is -2.25. The fourth-order valence-corrected chi connectivity index (χ4v) is 2.85. The number of nitrogens with one attached hydrogen (secondary N) is 2. The number of aromatic amines is 1. The lowest BCUT2D eigenvalue weighted by molar-refractivity contribution is -0.120. The number of hydrogen-bond donors (Lipinski definition) is 2. The zero-order valence-electron chi connectivity index (χ0n) is 10.9. The molecule has 0 fully saturated rings. The average Bonchev–Trinajstić information content (AvgIpc) is 2.94. The number of benzene rings is 1. The summed E-state index contributed by atoms with van der Waals surface area (Å²) in [5.74, 6) is 0.781. The molecule has 0 atom stereocenters. The zero-order chi connectivity index (χ0) is 14.2. The fourth-order valence-electron chi connectivity index (χ4n) is 1.66. The van der Waals surface area contributed by atoms with E-state index in [1.54, 1.807) is 24.3 Å². The summed E-state index contributed by atoms with van der Waals surface area (Å²) < 4.78 is 0. The number of imidazole rings is 1. The molecule has 0 saturated heterocycles. The third-order valence-corrected chi connectivity index (χ3v) is 4.21. The summed E-state index contributed by atoms with van der Waals surface area (Å²) in [4.78, 5) is 19.6. The van der Waals surface area contributed by atoms with E-state index < -0.39 is 0 Å². The molecule has 0 bridgehead atoms. The van der Waals surface area contributed by atoms with Crippen LogP contribution in [0.1, 0.15) is 12.1 Å². The van der Waals surface area contributed by atoms with Crippen molar-refractivity contribution in [3.05, 3.63) is 47.5 Å². The number of nitrogens with zero attached hydrogens (tertiary/aromatic N) is 1. The molecule has 0 spiro atoms. The number of carbonyl (C=O) groups excluding carboxylic acids is 1. The first kappa shape index (κ1) is 14.9. The van der Waals surface area contributed by atoms with Gasteiger partial charge in [-0.2, -0.15) is 0 Å². The topological polar surface area (TPSA) is 57.8 Å². The van der Waals surface area contributed by atoms with Crippen LogP contribution in [0.5, 0.6) is 0 Å². The number of thioether (sulfide) groups is 1. The van der Waals surface area contributed by atoms with E-state index in [4.69, 9.17) is 11.6 Å². The first-order valence-electron chi connectivity index (χ1n) is 6.37. The summed E-state index contributed by atoms with van der Waals surface area (Å²) in [5, 5.41) is 3.62. The highest BCUT2D eigenvalue weighted by atomic mass is 35.5. The Bertz CT molecular complexity index is 545. The number of amides is 1. The number of carbonyl (C=O) groups is 1. The largest absolute Gasteiger partial charge is 0.356 e. The lowest BCUT2D eigenvalue weighted by atomic mass is 10.3. The third-order valence-electron chi connectivity index (χ3n) is 2.69. The number of halogens is 1. The predicted molar refractivity (Wildman–Crippen MR) is 82.1 cm³/mol. The molecule has 2 rings (SSSR count). The van der Waals surface area contributed by atoms with Gasteiger partial charge in [0.15, 0.2) is 0 Å². The molecular formula is C14H16ClN3OS. The van der Waals surface area contributed by atoms with Gasteiger partial charge in [0, 0.05) is 41.9 Å². The predicted octanol–water partition coefficient (Wildman–Crippen LogP) is 2.90. The van der Waals surface area contributed by atoms with Crippen molar-refractivity contribution < 1.29 is 4.79 Å². The van der Waals surface area contributed by atoms with E-state index in [1.807, 2.05) is 24.3 Å². The third kappa shape index (κ3) is 4.90. The Morgan fingerprint density at radius 2 is 2.25 bits per heavy atom. The molecule has 1 amide bonds. The molecule has 0 radical (unpaired) electrons. The first-order chi connectivity index (χ1) is 9.75. The van der Waals surface area contributed by atoms with E-state index in [0.717, 1.165) is 27.8 Å². The Morgan fingerprint density at radius 3 is 3.00 bits per heavy atom. The van der Waals surface area contributed by atoms with E-state index >= 15 is 0 Å². The van der Waals surface area contributed by atoms with Crippen LogP contribution < -0.4 is 5.32 Å². The van der Waals surface area contributed by atoms with Gasteiger partial charge in [0.2, 0.25) is 5.91 Å². The standard InChI is InChI=1S/C14H16ClN3OS/c15-12-3-1-2-4-13(12)20-8-6-14(19)17-7-5-11-9-16-10-18-11/h1-4,9-10H,5-8H2,(H,16,18)(H,17,19). The van der Waals surface area contributed by atoms with Crippen LogP contribution in [0, 0.1) is 0 Å². The zero-order valence-corrected chi connectivity index (χ0v) is 12.5. The van der Waals surface area contributed by atoms with Crippen molar-refractivity contribution in [3.8, 4) is 0 Å². The highest BCUT2D eigenvalue weighted by molar-refractivity contribution is 7.99. The molecule has 0 aliphatic rings. The van der Waals surface area contributed by atoms with Gasteiger partial charge in [-0.15, -0.1) is 11.8 Å². The molecule has 0 aliphatic carbocycles. The van der Waals surface area contributed by atoms with E-state index in [0.29, 0.717) is 13.0 Å². The fraction of sp³-hybridized carbons (Fsp3) is 0.286. The maximum Gasteiger partial charge on any atom is 0.220 e. The van der Waals surface area contributed by atoms with Gasteiger partial charge < -0.3 is 10.3 Å². The maximum absolute atomic E-state index is 11.7. The van der Waals surface area contributed by atoms with Crippen molar-refractivity contribution >= 4 is 29.3 Å². The van der Waals surface area contributed by atoms with Gasteiger partial charge in [-0.25, -0.2) is 4.98 Å². The van der Waals surface area contributed by atoms with Crippen LogP contribution in [0.2, 0.25) is 5.02 Å². The second kappa shape index (κ2) is 7.97. The molecule has 106 valence electrons. The average molecular weight is 310 g/mol. The van der Waals surface area contributed by atoms with E-state index in [-0.39, 0.29) is 5.91 Å². The SMILES string of the molecule is O=C(CCSc1ccccc1Cl)NCCc1cnc[nH]1. The normalized spacial score (nSPS) is 10.4. The first-order valence-corrected chi connectivity index (χ1v) is 7.73. The molecule has 0 saturated carbocycles. The van der Waals surface area contributed by atoms with Crippen LogP contribution in [0.15, 0.2) is 41.7 Å². The molecule has 0 aliphatic heterocycles. The smallest absolute Gasteiger partial charge is 0.220 e. The number of aromatic nitrogens is 2. The molecule has 6 heteroatoms. The summed E-state index contributed by atoms with van der Waals surface area (Å²) in [6.07, 6.45) is 4.65. The summed E-state index contributed by atoms with van der Waals surface area (Å²) in [7, 11) is 0. The highest BCUT2D eigenvalue weighted by Crippen LogP contribution is 2.26. The molecule has 0 unspecified atom stereocenters. The van der Waals surface area contributed by atoms with E-state index in [1.165, 1.54) is 0 Å². The summed E-state index contributed by atoms with van der Waals surface area (Å²) >= 11 is 7.65.